The SMILES string of the molecule is CCCCCCCC/C=C\C(CCCCCCC(=O)NCC(=O)NC(CO)C(=O)O)OC(=O)CCCCCCCCC/C=C\CCCCCCCCC. The van der Waals surface area contributed by atoms with Crippen molar-refractivity contribution in [1.82, 2.24) is 10.6 Å². The number of esters is 1. The lowest BCUT2D eigenvalue weighted by Crippen LogP contribution is -2.47. The third kappa shape index (κ3) is 36.1. The highest BCUT2D eigenvalue weighted by Crippen LogP contribution is 2.16. The highest BCUT2D eigenvalue weighted by molar-refractivity contribution is 5.87. The molecule has 0 aliphatic heterocycles. The summed E-state index contributed by atoms with van der Waals surface area (Å²) in [6.07, 6.45) is 42.2. The van der Waals surface area contributed by atoms with Crippen molar-refractivity contribution in [3.05, 3.63) is 24.3 Å². The molecule has 0 radical (unpaired) electrons. The Morgan fingerprint density at radius 2 is 1.02 bits per heavy atom. The van der Waals surface area contributed by atoms with E-state index < -0.39 is 24.5 Å². The van der Waals surface area contributed by atoms with E-state index in [1.807, 2.05) is 0 Å². The number of hydrogen-bond donors (Lipinski definition) is 4. The summed E-state index contributed by atoms with van der Waals surface area (Å²) in [4.78, 5) is 47.5. The average molecular weight is 749 g/mol. The Balaban J connectivity index is 4.21. The molecule has 9 heteroatoms. The number of carbonyl (C=O) groups excluding carboxylic acids is 3. The maximum atomic E-state index is 12.7. The second kappa shape index (κ2) is 39.0. The second-order valence-electron chi connectivity index (χ2n) is 14.8. The third-order valence-corrected chi connectivity index (χ3v) is 9.66. The number of aliphatic hydroxyl groups is 1. The van der Waals surface area contributed by atoms with Crippen molar-refractivity contribution in [2.24, 2.45) is 0 Å². The number of carbonyl (C=O) groups is 4. The van der Waals surface area contributed by atoms with Gasteiger partial charge in [0.25, 0.3) is 0 Å². The van der Waals surface area contributed by atoms with Crippen LogP contribution in [0.2, 0.25) is 0 Å². The van der Waals surface area contributed by atoms with E-state index in [4.69, 9.17) is 14.9 Å². The minimum absolute atomic E-state index is 0.114. The molecule has 2 amide bonds. The minimum atomic E-state index is -1.39. The van der Waals surface area contributed by atoms with Gasteiger partial charge in [-0.2, -0.15) is 0 Å². The molecule has 0 saturated carbocycles. The van der Waals surface area contributed by atoms with E-state index in [9.17, 15) is 19.2 Å². The van der Waals surface area contributed by atoms with Crippen molar-refractivity contribution in [1.29, 1.82) is 0 Å². The molecule has 53 heavy (non-hydrogen) atoms. The maximum absolute atomic E-state index is 12.7. The predicted octanol–water partition coefficient (Wildman–Crippen LogP) is 10.4. The van der Waals surface area contributed by atoms with Gasteiger partial charge in [0.05, 0.1) is 13.2 Å². The number of hydrogen-bond acceptors (Lipinski definition) is 6. The molecule has 0 bridgehead atoms. The number of carboxylic acids is 1. The molecule has 2 unspecified atom stereocenters. The van der Waals surface area contributed by atoms with Crippen LogP contribution >= 0.6 is 0 Å². The van der Waals surface area contributed by atoms with Gasteiger partial charge in [0.1, 0.15) is 12.1 Å². The maximum Gasteiger partial charge on any atom is 0.328 e. The van der Waals surface area contributed by atoms with Crippen LogP contribution in [0.25, 0.3) is 0 Å². The van der Waals surface area contributed by atoms with Gasteiger partial charge in [0.2, 0.25) is 11.8 Å². The third-order valence-electron chi connectivity index (χ3n) is 9.66. The van der Waals surface area contributed by atoms with Crippen LogP contribution in [0.5, 0.6) is 0 Å². The number of nitrogens with one attached hydrogen (secondary N) is 2. The van der Waals surface area contributed by atoms with Crippen molar-refractivity contribution in [3.8, 4) is 0 Å². The summed E-state index contributed by atoms with van der Waals surface area (Å²) in [7, 11) is 0. The summed E-state index contributed by atoms with van der Waals surface area (Å²) in [6.45, 7) is 3.44. The Bertz CT molecular complexity index is 952. The highest BCUT2D eigenvalue weighted by atomic mass is 16.5. The Hall–Kier alpha value is -2.68. The largest absolute Gasteiger partial charge is 0.480 e. The van der Waals surface area contributed by atoms with E-state index in [0.29, 0.717) is 12.8 Å². The lowest BCUT2D eigenvalue weighted by molar-refractivity contribution is -0.147. The van der Waals surface area contributed by atoms with E-state index in [1.54, 1.807) is 0 Å². The van der Waals surface area contributed by atoms with Crippen molar-refractivity contribution >= 4 is 23.8 Å². The Kier molecular flexibility index (Phi) is 37.1. The van der Waals surface area contributed by atoms with Gasteiger partial charge in [-0.15, -0.1) is 0 Å². The van der Waals surface area contributed by atoms with Gasteiger partial charge in [-0.1, -0.05) is 148 Å². The van der Waals surface area contributed by atoms with Crippen LogP contribution in [0.15, 0.2) is 24.3 Å². The summed E-state index contributed by atoms with van der Waals surface area (Å²) in [5, 5.41) is 22.5. The zero-order chi connectivity index (χ0) is 39.0. The van der Waals surface area contributed by atoms with Gasteiger partial charge in [-0.25, -0.2) is 4.79 Å². The van der Waals surface area contributed by atoms with Gasteiger partial charge >= 0.3 is 11.9 Å². The molecule has 308 valence electrons. The lowest BCUT2D eigenvalue weighted by atomic mass is 10.1. The van der Waals surface area contributed by atoms with Crippen molar-refractivity contribution in [3.63, 3.8) is 0 Å². The molecule has 0 aromatic heterocycles. The zero-order valence-corrected chi connectivity index (χ0v) is 34.0. The summed E-state index contributed by atoms with van der Waals surface area (Å²) in [5.41, 5.74) is 0. The van der Waals surface area contributed by atoms with Crippen LogP contribution in [-0.2, 0) is 23.9 Å². The van der Waals surface area contributed by atoms with E-state index in [1.165, 1.54) is 122 Å². The van der Waals surface area contributed by atoms with Crippen molar-refractivity contribution in [2.75, 3.05) is 13.2 Å². The first-order valence-electron chi connectivity index (χ1n) is 21.7. The fourth-order valence-electron chi connectivity index (χ4n) is 6.27. The minimum Gasteiger partial charge on any atom is -0.480 e. The first kappa shape index (κ1) is 50.3. The lowest BCUT2D eigenvalue weighted by Gasteiger charge is -2.15. The van der Waals surface area contributed by atoms with Gasteiger partial charge in [0, 0.05) is 12.8 Å². The zero-order valence-electron chi connectivity index (χ0n) is 34.0. The smallest absolute Gasteiger partial charge is 0.328 e. The van der Waals surface area contributed by atoms with Crippen molar-refractivity contribution < 1.29 is 34.1 Å². The fraction of sp³-hybridized carbons (Fsp3) is 0.818. The van der Waals surface area contributed by atoms with E-state index in [-0.39, 0.29) is 30.9 Å². The molecule has 4 N–H and O–H groups in total. The first-order chi connectivity index (χ1) is 25.8. The van der Waals surface area contributed by atoms with Crippen LogP contribution in [-0.4, -0.2) is 59.3 Å². The number of ether oxygens (including phenoxy) is 1. The van der Waals surface area contributed by atoms with Gasteiger partial charge in [0.15, 0.2) is 0 Å². The van der Waals surface area contributed by atoms with Gasteiger partial charge in [-0.3, -0.25) is 14.4 Å². The Morgan fingerprint density at radius 3 is 1.53 bits per heavy atom. The van der Waals surface area contributed by atoms with Crippen LogP contribution in [0.4, 0.5) is 0 Å². The fourth-order valence-corrected chi connectivity index (χ4v) is 6.27. The molecule has 0 heterocycles. The molecule has 2 atom stereocenters. The molecule has 0 saturated heterocycles. The Labute approximate surface area is 324 Å². The molecule has 9 nitrogen and oxygen atoms in total. The molecular weight excluding hydrogens is 668 g/mol. The van der Waals surface area contributed by atoms with Gasteiger partial charge < -0.3 is 25.6 Å². The number of unbranched alkanes of at least 4 members (excludes halogenated alkanes) is 23. The van der Waals surface area contributed by atoms with Crippen LogP contribution in [0, 0.1) is 0 Å². The van der Waals surface area contributed by atoms with Crippen LogP contribution in [0.1, 0.15) is 206 Å². The van der Waals surface area contributed by atoms with Crippen LogP contribution in [0.3, 0.4) is 0 Å². The standard InChI is InChI=1S/C44H80N2O7/c1-3-5-7-9-11-13-14-15-16-17-18-19-20-21-22-24-26-32-36-43(50)53-39(33-29-25-23-12-10-8-6-4-2)34-30-27-28-31-35-41(48)45-37-42(49)46-40(38-47)44(51)52/h16-17,29,33,39-40,47H,3-15,18-28,30-32,34-38H2,1-2H3,(H,45,48)(H,46,49)(H,51,52)/b17-16-,33-29-. The van der Waals surface area contributed by atoms with E-state index in [0.717, 1.165) is 51.4 Å². The molecule has 0 aliphatic carbocycles. The monoisotopic (exact) mass is 749 g/mol. The Morgan fingerprint density at radius 1 is 0.566 bits per heavy atom. The summed E-state index contributed by atoms with van der Waals surface area (Å²) >= 11 is 0. The average Bonchev–Trinajstić information content (AvgIpc) is 3.14. The molecule has 0 fully saturated rings. The normalized spacial score (nSPS) is 12.7. The number of carboxylic acid groups (broad SMARTS) is 1. The first-order valence-corrected chi connectivity index (χ1v) is 21.7. The molecule has 0 aromatic carbocycles. The summed E-state index contributed by atoms with van der Waals surface area (Å²) in [5.74, 6) is -2.39. The van der Waals surface area contributed by atoms with Crippen molar-refractivity contribution in [2.45, 2.75) is 219 Å². The number of rotatable bonds is 39. The number of allylic oxidation sites excluding steroid dienone is 3. The van der Waals surface area contributed by atoms with Crippen LogP contribution < -0.4 is 10.6 Å². The molecule has 0 aromatic rings. The quantitative estimate of drug-likeness (QED) is 0.0278. The molecular formula is C44H80N2O7. The molecule has 0 rings (SSSR count). The molecule has 0 aliphatic rings. The molecule has 0 spiro atoms. The van der Waals surface area contributed by atoms with E-state index >= 15 is 0 Å². The number of aliphatic hydroxyl groups excluding tert-OH is 1. The summed E-state index contributed by atoms with van der Waals surface area (Å²) < 4.78 is 5.91. The second-order valence-corrected chi connectivity index (χ2v) is 14.8. The van der Waals surface area contributed by atoms with E-state index in [2.05, 4.69) is 48.8 Å². The number of amides is 2. The topological polar surface area (TPSA) is 142 Å². The predicted molar refractivity (Wildman–Crippen MR) is 218 cm³/mol. The number of aliphatic carboxylic acids is 1. The summed E-state index contributed by atoms with van der Waals surface area (Å²) in [6, 6.07) is -1.39. The highest BCUT2D eigenvalue weighted by Gasteiger charge is 2.18. The van der Waals surface area contributed by atoms with Gasteiger partial charge in [-0.05, 0) is 70.3 Å².